The molecule has 1 unspecified atom stereocenters. The standard InChI is InChI=1S/C17H20N4O4/c1-23-11-2-3-15-14(6-11)16(20-10-19-15)24-12-4-5-21(8-12)9-13-7-18-17(22)25-13/h2-3,6,10,12-13H,4-5,7-9H2,1H3,(H,18,22)/t12?,13-/m0/s1. The lowest BCUT2D eigenvalue weighted by atomic mass is 10.2. The van der Waals surface area contributed by atoms with Gasteiger partial charge in [-0.3, -0.25) is 4.90 Å². The van der Waals surface area contributed by atoms with Crippen LogP contribution in [0.15, 0.2) is 24.5 Å². The van der Waals surface area contributed by atoms with E-state index < -0.39 is 0 Å². The van der Waals surface area contributed by atoms with E-state index in [9.17, 15) is 4.79 Å². The average Bonchev–Trinajstić information content (AvgIpc) is 3.24. The Hall–Kier alpha value is -2.61. The second-order valence-electron chi connectivity index (χ2n) is 6.26. The van der Waals surface area contributed by atoms with Crippen molar-refractivity contribution in [1.29, 1.82) is 0 Å². The molecule has 0 spiro atoms. The predicted octanol–water partition coefficient (Wildman–Crippen LogP) is 1.20. The number of hydrogen-bond acceptors (Lipinski definition) is 7. The molecule has 132 valence electrons. The first-order valence-corrected chi connectivity index (χ1v) is 8.33. The molecule has 1 N–H and O–H groups in total. The number of amides is 1. The average molecular weight is 344 g/mol. The summed E-state index contributed by atoms with van der Waals surface area (Å²) in [5.74, 6) is 1.32. The number of hydrogen-bond donors (Lipinski definition) is 1. The maximum Gasteiger partial charge on any atom is 0.407 e. The molecule has 0 radical (unpaired) electrons. The highest BCUT2D eigenvalue weighted by molar-refractivity contribution is 5.84. The molecule has 0 saturated carbocycles. The fraction of sp³-hybridized carbons (Fsp3) is 0.471. The third kappa shape index (κ3) is 3.43. The van der Waals surface area contributed by atoms with Gasteiger partial charge in [0, 0.05) is 19.6 Å². The minimum Gasteiger partial charge on any atom is -0.497 e. The molecule has 0 aliphatic carbocycles. The van der Waals surface area contributed by atoms with Gasteiger partial charge in [-0.05, 0) is 24.6 Å². The maximum atomic E-state index is 11.1. The van der Waals surface area contributed by atoms with Crippen molar-refractivity contribution < 1.29 is 19.0 Å². The number of benzene rings is 1. The third-order valence-electron chi connectivity index (χ3n) is 4.52. The maximum absolute atomic E-state index is 11.1. The number of alkyl carbamates (subject to hydrolysis) is 1. The first kappa shape index (κ1) is 15.9. The van der Waals surface area contributed by atoms with Gasteiger partial charge in [0.25, 0.3) is 0 Å². The number of nitrogens with zero attached hydrogens (tertiary/aromatic N) is 3. The van der Waals surface area contributed by atoms with E-state index in [2.05, 4.69) is 20.2 Å². The number of cyclic esters (lactones) is 1. The number of likely N-dealkylation sites (tertiary alicyclic amines) is 1. The molecule has 1 aromatic carbocycles. The molecular weight excluding hydrogens is 324 g/mol. The molecule has 0 bridgehead atoms. The molecule has 4 rings (SSSR count). The van der Waals surface area contributed by atoms with Crippen molar-refractivity contribution in [2.24, 2.45) is 0 Å². The van der Waals surface area contributed by atoms with Gasteiger partial charge in [-0.15, -0.1) is 0 Å². The molecule has 2 aromatic rings. The monoisotopic (exact) mass is 344 g/mol. The van der Waals surface area contributed by atoms with Crippen LogP contribution in [0.4, 0.5) is 4.79 Å². The zero-order valence-electron chi connectivity index (χ0n) is 14.0. The predicted molar refractivity (Wildman–Crippen MR) is 89.8 cm³/mol. The van der Waals surface area contributed by atoms with Gasteiger partial charge in [0.15, 0.2) is 0 Å². The smallest absolute Gasteiger partial charge is 0.407 e. The summed E-state index contributed by atoms with van der Waals surface area (Å²) in [5.41, 5.74) is 0.824. The van der Waals surface area contributed by atoms with Crippen molar-refractivity contribution in [2.75, 3.05) is 33.3 Å². The highest BCUT2D eigenvalue weighted by Gasteiger charge is 2.30. The minimum atomic E-state index is -0.335. The van der Waals surface area contributed by atoms with Gasteiger partial charge in [-0.25, -0.2) is 14.8 Å². The lowest BCUT2D eigenvalue weighted by Gasteiger charge is -2.19. The molecule has 2 atom stereocenters. The summed E-state index contributed by atoms with van der Waals surface area (Å²) >= 11 is 0. The Balaban J connectivity index is 1.42. The van der Waals surface area contributed by atoms with E-state index in [0.717, 1.165) is 42.7 Å². The van der Waals surface area contributed by atoms with Crippen molar-refractivity contribution in [2.45, 2.75) is 18.6 Å². The fourth-order valence-electron chi connectivity index (χ4n) is 3.27. The van der Waals surface area contributed by atoms with Crippen LogP contribution in [0, 0.1) is 0 Å². The summed E-state index contributed by atoms with van der Waals surface area (Å²) in [4.78, 5) is 21.9. The van der Waals surface area contributed by atoms with Gasteiger partial charge in [-0.1, -0.05) is 0 Å². The molecule has 8 heteroatoms. The van der Waals surface area contributed by atoms with Crippen LogP contribution >= 0.6 is 0 Å². The van der Waals surface area contributed by atoms with E-state index in [0.29, 0.717) is 12.4 Å². The highest BCUT2D eigenvalue weighted by Crippen LogP contribution is 2.27. The quantitative estimate of drug-likeness (QED) is 0.872. The van der Waals surface area contributed by atoms with Crippen LogP contribution in [0.1, 0.15) is 6.42 Å². The molecule has 2 fully saturated rings. The Morgan fingerprint density at radius 3 is 3.12 bits per heavy atom. The number of carbonyl (C=O) groups excluding carboxylic acids is 1. The van der Waals surface area contributed by atoms with Gasteiger partial charge in [0.05, 0.1) is 24.6 Å². The Kier molecular flexibility index (Phi) is 4.27. The Labute approximate surface area is 145 Å². The summed E-state index contributed by atoms with van der Waals surface area (Å²) in [5, 5.41) is 3.52. The van der Waals surface area contributed by atoms with Crippen LogP contribution in [0.25, 0.3) is 10.9 Å². The molecule has 3 heterocycles. The number of fused-ring (bicyclic) bond motifs is 1. The third-order valence-corrected chi connectivity index (χ3v) is 4.52. The van der Waals surface area contributed by atoms with Crippen molar-refractivity contribution in [3.05, 3.63) is 24.5 Å². The normalized spacial score (nSPS) is 23.5. The van der Waals surface area contributed by atoms with E-state index in [1.165, 1.54) is 6.33 Å². The zero-order valence-corrected chi connectivity index (χ0v) is 14.0. The molecule has 2 aliphatic heterocycles. The lowest BCUT2D eigenvalue weighted by molar-refractivity contribution is 0.111. The van der Waals surface area contributed by atoms with Gasteiger partial charge < -0.3 is 19.5 Å². The van der Waals surface area contributed by atoms with Crippen LogP contribution in [-0.4, -0.2) is 66.5 Å². The number of carbonyl (C=O) groups is 1. The number of nitrogens with one attached hydrogen (secondary N) is 1. The zero-order chi connectivity index (χ0) is 17.2. The summed E-state index contributed by atoms with van der Waals surface area (Å²) in [6.07, 6.45) is 2.05. The number of rotatable bonds is 5. The van der Waals surface area contributed by atoms with Crippen molar-refractivity contribution >= 4 is 17.0 Å². The first-order valence-electron chi connectivity index (χ1n) is 8.33. The van der Waals surface area contributed by atoms with Gasteiger partial charge in [-0.2, -0.15) is 0 Å². The molecule has 2 aliphatic rings. The minimum absolute atomic E-state index is 0.0503. The van der Waals surface area contributed by atoms with Crippen LogP contribution in [0.3, 0.4) is 0 Å². The van der Waals surface area contributed by atoms with Crippen LogP contribution in [0.2, 0.25) is 0 Å². The van der Waals surface area contributed by atoms with Crippen LogP contribution in [-0.2, 0) is 4.74 Å². The molecular formula is C17H20N4O4. The van der Waals surface area contributed by atoms with E-state index in [4.69, 9.17) is 14.2 Å². The van der Waals surface area contributed by atoms with Gasteiger partial charge in [0.2, 0.25) is 5.88 Å². The largest absolute Gasteiger partial charge is 0.497 e. The first-order chi connectivity index (χ1) is 12.2. The van der Waals surface area contributed by atoms with Crippen LogP contribution < -0.4 is 14.8 Å². The molecule has 1 amide bonds. The molecule has 1 aromatic heterocycles. The Morgan fingerprint density at radius 1 is 1.40 bits per heavy atom. The van der Waals surface area contributed by atoms with Crippen LogP contribution in [0.5, 0.6) is 11.6 Å². The molecule has 8 nitrogen and oxygen atoms in total. The lowest BCUT2D eigenvalue weighted by Crippen LogP contribution is -2.34. The number of ether oxygens (including phenoxy) is 3. The Morgan fingerprint density at radius 2 is 2.32 bits per heavy atom. The van der Waals surface area contributed by atoms with Crippen molar-refractivity contribution in [3.8, 4) is 11.6 Å². The number of aromatic nitrogens is 2. The van der Waals surface area contributed by atoms with E-state index in [1.807, 2.05) is 18.2 Å². The van der Waals surface area contributed by atoms with E-state index in [1.54, 1.807) is 7.11 Å². The van der Waals surface area contributed by atoms with E-state index in [-0.39, 0.29) is 18.3 Å². The summed E-state index contributed by atoms with van der Waals surface area (Å²) in [6.45, 7) is 2.97. The topological polar surface area (TPSA) is 85.8 Å². The molecule has 25 heavy (non-hydrogen) atoms. The fourth-order valence-corrected chi connectivity index (χ4v) is 3.27. The summed E-state index contributed by atoms with van der Waals surface area (Å²) in [6, 6.07) is 5.65. The Bertz CT molecular complexity index is 784. The second-order valence-corrected chi connectivity index (χ2v) is 6.26. The SMILES string of the molecule is COc1ccc2ncnc(OC3CCN(C[C@@H]4CNC(=O)O4)C3)c2c1. The second kappa shape index (κ2) is 6.72. The number of methoxy groups -OCH3 is 1. The van der Waals surface area contributed by atoms with Crippen molar-refractivity contribution in [3.63, 3.8) is 0 Å². The molecule has 2 saturated heterocycles. The summed E-state index contributed by atoms with van der Waals surface area (Å²) < 4.78 is 16.6. The highest BCUT2D eigenvalue weighted by atomic mass is 16.6. The summed E-state index contributed by atoms with van der Waals surface area (Å²) in [7, 11) is 1.63. The van der Waals surface area contributed by atoms with Crippen molar-refractivity contribution in [1.82, 2.24) is 20.2 Å². The van der Waals surface area contributed by atoms with E-state index >= 15 is 0 Å². The van der Waals surface area contributed by atoms with Gasteiger partial charge >= 0.3 is 6.09 Å². The van der Waals surface area contributed by atoms with Gasteiger partial charge in [0.1, 0.15) is 24.3 Å².